The molecular formula is C24H21N3O3. The summed E-state index contributed by atoms with van der Waals surface area (Å²) in [4.78, 5) is 15.0. The SMILES string of the molecule is Cc1cccc(N2C(N)=C(C#N)C(c3ccc4c(c3)OCO4)C3=C2CCCC3=O)c1. The lowest BCUT2D eigenvalue weighted by Gasteiger charge is -2.39. The summed E-state index contributed by atoms with van der Waals surface area (Å²) in [5, 5.41) is 10.1. The van der Waals surface area contributed by atoms with Crippen LogP contribution in [-0.2, 0) is 4.79 Å². The van der Waals surface area contributed by atoms with Gasteiger partial charge in [0.15, 0.2) is 17.3 Å². The van der Waals surface area contributed by atoms with Gasteiger partial charge in [-0.05, 0) is 55.2 Å². The van der Waals surface area contributed by atoms with Gasteiger partial charge in [-0.2, -0.15) is 5.26 Å². The van der Waals surface area contributed by atoms with Gasteiger partial charge in [-0.15, -0.1) is 0 Å². The summed E-state index contributed by atoms with van der Waals surface area (Å²) in [6.07, 6.45) is 1.97. The molecule has 6 heteroatoms. The quantitative estimate of drug-likeness (QED) is 0.820. The number of allylic oxidation sites excluding steroid dienone is 3. The maximum Gasteiger partial charge on any atom is 0.231 e. The molecule has 0 aromatic heterocycles. The van der Waals surface area contributed by atoms with E-state index >= 15 is 0 Å². The maximum absolute atomic E-state index is 13.1. The minimum Gasteiger partial charge on any atom is -0.454 e. The van der Waals surface area contributed by atoms with Crippen molar-refractivity contribution in [2.75, 3.05) is 11.7 Å². The highest BCUT2D eigenvalue weighted by atomic mass is 16.7. The van der Waals surface area contributed by atoms with Gasteiger partial charge in [-0.3, -0.25) is 9.69 Å². The average molecular weight is 399 g/mol. The van der Waals surface area contributed by atoms with Crippen LogP contribution >= 0.6 is 0 Å². The van der Waals surface area contributed by atoms with Crippen LogP contribution in [0, 0.1) is 18.3 Å². The summed E-state index contributed by atoms with van der Waals surface area (Å²) in [7, 11) is 0. The smallest absolute Gasteiger partial charge is 0.231 e. The van der Waals surface area contributed by atoms with Crippen LogP contribution in [-0.4, -0.2) is 12.6 Å². The molecule has 0 fully saturated rings. The van der Waals surface area contributed by atoms with E-state index in [1.54, 1.807) is 0 Å². The second-order valence-electron chi connectivity index (χ2n) is 7.77. The summed E-state index contributed by atoms with van der Waals surface area (Å²) in [6, 6.07) is 15.8. The zero-order valence-electron chi connectivity index (χ0n) is 16.6. The lowest BCUT2D eigenvalue weighted by atomic mass is 9.75. The lowest BCUT2D eigenvalue weighted by molar-refractivity contribution is -0.116. The third-order valence-electron chi connectivity index (χ3n) is 5.90. The summed E-state index contributed by atoms with van der Waals surface area (Å²) in [5.74, 6) is 1.22. The molecule has 30 heavy (non-hydrogen) atoms. The predicted octanol–water partition coefficient (Wildman–Crippen LogP) is 4.03. The fraction of sp³-hybridized carbons (Fsp3) is 0.250. The Bertz CT molecular complexity index is 1170. The summed E-state index contributed by atoms with van der Waals surface area (Å²) < 4.78 is 10.9. The highest BCUT2D eigenvalue weighted by Crippen LogP contribution is 2.47. The number of Topliss-reactive ketones (excluding diaryl/α,β-unsaturated/α-hetero) is 1. The normalized spacial score (nSPS) is 20.3. The molecule has 0 saturated carbocycles. The number of fused-ring (bicyclic) bond motifs is 1. The van der Waals surface area contributed by atoms with Gasteiger partial charge in [0.2, 0.25) is 6.79 Å². The Kier molecular flexibility index (Phi) is 4.25. The fourth-order valence-corrected chi connectivity index (χ4v) is 4.57. The Labute approximate surface area is 174 Å². The van der Waals surface area contributed by atoms with Crippen LogP contribution in [0.1, 0.15) is 36.3 Å². The number of carbonyl (C=O) groups is 1. The third kappa shape index (κ3) is 2.74. The van der Waals surface area contributed by atoms with Gasteiger partial charge in [-0.1, -0.05) is 18.2 Å². The van der Waals surface area contributed by atoms with E-state index in [0.717, 1.165) is 35.4 Å². The monoisotopic (exact) mass is 399 g/mol. The molecule has 1 atom stereocenters. The molecule has 2 aromatic rings. The first-order chi connectivity index (χ1) is 14.6. The Morgan fingerprint density at radius 2 is 1.97 bits per heavy atom. The molecule has 6 nitrogen and oxygen atoms in total. The number of ketones is 1. The summed E-state index contributed by atoms with van der Waals surface area (Å²) in [6.45, 7) is 2.18. The highest BCUT2D eigenvalue weighted by Gasteiger charge is 2.40. The van der Waals surface area contributed by atoms with Crippen LogP contribution in [0.4, 0.5) is 5.69 Å². The van der Waals surface area contributed by atoms with Gasteiger partial charge in [-0.25, -0.2) is 0 Å². The van der Waals surface area contributed by atoms with Gasteiger partial charge < -0.3 is 15.2 Å². The van der Waals surface area contributed by atoms with Crippen LogP contribution < -0.4 is 20.1 Å². The van der Waals surface area contributed by atoms with Crippen molar-refractivity contribution in [2.24, 2.45) is 5.73 Å². The predicted molar refractivity (Wildman–Crippen MR) is 112 cm³/mol. The number of rotatable bonds is 2. The van der Waals surface area contributed by atoms with E-state index in [9.17, 15) is 10.1 Å². The zero-order chi connectivity index (χ0) is 20.8. The Balaban J connectivity index is 1.73. The topological polar surface area (TPSA) is 88.6 Å². The molecule has 0 amide bonds. The largest absolute Gasteiger partial charge is 0.454 e. The van der Waals surface area contributed by atoms with Gasteiger partial charge in [0, 0.05) is 23.4 Å². The molecule has 0 spiro atoms. The molecule has 150 valence electrons. The molecule has 2 aliphatic heterocycles. The van der Waals surface area contributed by atoms with Gasteiger partial charge in [0.25, 0.3) is 0 Å². The van der Waals surface area contributed by atoms with Crippen molar-refractivity contribution in [3.63, 3.8) is 0 Å². The standard InChI is InChI=1S/C24H21N3O3/c1-14-4-2-5-16(10-14)27-18-6-3-7-19(28)23(18)22(17(12-25)24(27)26)15-8-9-20-21(11-15)30-13-29-20/h2,4-5,8-11,22H,3,6-7,13,26H2,1H3. The fourth-order valence-electron chi connectivity index (χ4n) is 4.57. The zero-order valence-corrected chi connectivity index (χ0v) is 16.6. The molecule has 2 aromatic carbocycles. The van der Waals surface area contributed by atoms with Crippen molar-refractivity contribution in [1.82, 2.24) is 0 Å². The number of nitriles is 1. The number of hydrogen-bond acceptors (Lipinski definition) is 6. The van der Waals surface area contributed by atoms with E-state index < -0.39 is 5.92 Å². The minimum atomic E-state index is -0.506. The van der Waals surface area contributed by atoms with Crippen LogP contribution in [0.2, 0.25) is 0 Å². The Morgan fingerprint density at radius 1 is 1.13 bits per heavy atom. The molecule has 0 bridgehead atoms. The van der Waals surface area contributed by atoms with Crippen molar-refractivity contribution in [3.8, 4) is 17.6 Å². The molecule has 3 aliphatic rings. The number of nitrogens with zero attached hydrogens (tertiary/aromatic N) is 2. The van der Waals surface area contributed by atoms with E-state index in [0.29, 0.717) is 34.9 Å². The first-order valence-electron chi connectivity index (χ1n) is 10.0. The summed E-state index contributed by atoms with van der Waals surface area (Å²) >= 11 is 0. The molecular weight excluding hydrogens is 378 g/mol. The van der Waals surface area contributed by atoms with Gasteiger partial charge in [0.1, 0.15) is 5.82 Å². The Morgan fingerprint density at radius 3 is 2.77 bits per heavy atom. The van der Waals surface area contributed by atoms with Crippen LogP contribution in [0.5, 0.6) is 11.5 Å². The van der Waals surface area contributed by atoms with Gasteiger partial charge in [0.05, 0.1) is 17.6 Å². The van der Waals surface area contributed by atoms with Crippen molar-refractivity contribution >= 4 is 11.5 Å². The Hall–Kier alpha value is -3.72. The van der Waals surface area contributed by atoms with Crippen LogP contribution in [0.25, 0.3) is 0 Å². The summed E-state index contributed by atoms with van der Waals surface area (Å²) in [5.41, 5.74) is 11.3. The van der Waals surface area contributed by atoms with E-state index in [1.807, 2.05) is 54.3 Å². The number of carbonyl (C=O) groups excluding carboxylic acids is 1. The molecule has 5 rings (SSSR count). The van der Waals surface area contributed by atoms with Crippen LogP contribution in [0.3, 0.4) is 0 Å². The first kappa shape index (κ1) is 18.3. The lowest BCUT2D eigenvalue weighted by Crippen LogP contribution is -2.38. The van der Waals surface area contributed by atoms with E-state index in [2.05, 4.69) is 6.07 Å². The second-order valence-corrected chi connectivity index (χ2v) is 7.77. The third-order valence-corrected chi connectivity index (χ3v) is 5.90. The minimum absolute atomic E-state index is 0.0665. The van der Waals surface area contributed by atoms with E-state index in [4.69, 9.17) is 15.2 Å². The number of anilines is 1. The first-order valence-corrected chi connectivity index (χ1v) is 10.0. The maximum atomic E-state index is 13.1. The molecule has 2 N–H and O–H groups in total. The molecule has 2 heterocycles. The molecule has 0 saturated heterocycles. The van der Waals surface area contributed by atoms with Crippen molar-refractivity contribution in [3.05, 3.63) is 76.3 Å². The second kappa shape index (κ2) is 6.96. The molecule has 1 unspecified atom stereocenters. The number of aryl methyl sites for hydroxylation is 1. The molecule has 0 radical (unpaired) electrons. The van der Waals surface area contributed by atoms with E-state index in [-0.39, 0.29) is 12.6 Å². The van der Waals surface area contributed by atoms with Crippen molar-refractivity contribution in [2.45, 2.75) is 32.1 Å². The number of nitrogens with two attached hydrogens (primary N) is 1. The van der Waals surface area contributed by atoms with Crippen molar-refractivity contribution in [1.29, 1.82) is 5.26 Å². The highest BCUT2D eigenvalue weighted by molar-refractivity contribution is 6.01. The number of hydrogen-bond donors (Lipinski definition) is 1. The number of benzene rings is 2. The number of ether oxygens (including phenoxy) is 2. The van der Waals surface area contributed by atoms with Crippen molar-refractivity contribution < 1.29 is 14.3 Å². The molecule has 1 aliphatic carbocycles. The van der Waals surface area contributed by atoms with Crippen LogP contribution in [0.15, 0.2) is 65.1 Å². The van der Waals surface area contributed by atoms with E-state index in [1.165, 1.54) is 0 Å². The average Bonchev–Trinajstić information content (AvgIpc) is 3.21. The van der Waals surface area contributed by atoms with Gasteiger partial charge >= 0.3 is 0 Å².